The molecule has 1 aromatic rings. The quantitative estimate of drug-likeness (QED) is 0.906. The van der Waals surface area contributed by atoms with Crippen LogP contribution in [0.4, 0.5) is 10.1 Å². The lowest BCUT2D eigenvalue weighted by molar-refractivity contribution is -0.130. The summed E-state index contributed by atoms with van der Waals surface area (Å²) >= 11 is 1.47. The molecule has 2 amide bonds. The molecule has 6 heteroatoms. The zero-order valence-electron chi connectivity index (χ0n) is 9.90. The lowest BCUT2D eigenvalue weighted by atomic mass is 10.2. The molecule has 1 aromatic carbocycles. The van der Waals surface area contributed by atoms with Crippen molar-refractivity contribution in [2.75, 3.05) is 23.5 Å². The molecule has 1 aliphatic heterocycles. The van der Waals surface area contributed by atoms with Gasteiger partial charge in [-0.15, -0.1) is 11.8 Å². The molecule has 1 fully saturated rings. The van der Waals surface area contributed by atoms with Gasteiger partial charge in [-0.05, 0) is 24.6 Å². The standard InChI is InChI=1S/C12H13FN2O2S/c1-8-2-3-10(9(13)4-8)14-11(16)5-15-7-18-6-12(15)17/h2-4H,5-7H2,1H3,(H,14,16). The van der Waals surface area contributed by atoms with Crippen LogP contribution in [0.2, 0.25) is 0 Å². The second-order valence-electron chi connectivity index (χ2n) is 4.10. The van der Waals surface area contributed by atoms with E-state index in [0.717, 1.165) is 5.56 Å². The molecule has 1 saturated heterocycles. The number of carbonyl (C=O) groups is 2. The van der Waals surface area contributed by atoms with Crippen LogP contribution < -0.4 is 5.32 Å². The molecule has 4 nitrogen and oxygen atoms in total. The first-order valence-corrected chi connectivity index (χ1v) is 6.63. The second kappa shape index (κ2) is 5.39. The topological polar surface area (TPSA) is 49.4 Å². The van der Waals surface area contributed by atoms with Crippen LogP contribution >= 0.6 is 11.8 Å². The van der Waals surface area contributed by atoms with E-state index in [1.54, 1.807) is 13.0 Å². The molecule has 0 unspecified atom stereocenters. The summed E-state index contributed by atoms with van der Waals surface area (Å²) in [4.78, 5) is 24.4. The zero-order chi connectivity index (χ0) is 13.1. The fraction of sp³-hybridized carbons (Fsp3) is 0.333. The molecular formula is C12H13FN2O2S. The van der Waals surface area contributed by atoms with Crippen molar-refractivity contribution in [1.29, 1.82) is 0 Å². The Bertz CT molecular complexity index is 493. The minimum atomic E-state index is -0.467. The van der Waals surface area contributed by atoms with E-state index in [1.165, 1.54) is 28.8 Å². The molecule has 1 heterocycles. The fourth-order valence-corrected chi connectivity index (χ4v) is 2.53. The first kappa shape index (κ1) is 12.9. The number of halogens is 1. The predicted molar refractivity (Wildman–Crippen MR) is 68.8 cm³/mol. The summed E-state index contributed by atoms with van der Waals surface area (Å²) < 4.78 is 13.5. The van der Waals surface area contributed by atoms with Gasteiger partial charge in [-0.25, -0.2) is 4.39 Å². The monoisotopic (exact) mass is 268 g/mol. The highest BCUT2D eigenvalue weighted by Gasteiger charge is 2.23. The Balaban J connectivity index is 1.96. The van der Waals surface area contributed by atoms with Gasteiger partial charge in [0.15, 0.2) is 0 Å². The predicted octanol–water partition coefficient (Wildman–Crippen LogP) is 1.61. The Morgan fingerprint density at radius 2 is 2.33 bits per heavy atom. The molecule has 0 saturated carbocycles. The van der Waals surface area contributed by atoms with Crippen molar-refractivity contribution in [3.8, 4) is 0 Å². The van der Waals surface area contributed by atoms with Gasteiger partial charge in [0.25, 0.3) is 0 Å². The zero-order valence-corrected chi connectivity index (χ0v) is 10.7. The molecule has 0 spiro atoms. The molecule has 18 heavy (non-hydrogen) atoms. The molecule has 1 N–H and O–H groups in total. The highest BCUT2D eigenvalue weighted by molar-refractivity contribution is 8.00. The SMILES string of the molecule is Cc1ccc(NC(=O)CN2CSCC2=O)c(F)c1. The summed E-state index contributed by atoms with van der Waals surface area (Å²) in [5.74, 6) is 0.0213. The summed E-state index contributed by atoms with van der Waals surface area (Å²) in [5.41, 5.74) is 0.932. The van der Waals surface area contributed by atoms with Gasteiger partial charge in [0.05, 0.1) is 17.3 Å². The van der Waals surface area contributed by atoms with Crippen LogP contribution in [0, 0.1) is 12.7 Å². The van der Waals surface area contributed by atoms with E-state index in [1.807, 2.05) is 0 Å². The molecule has 0 bridgehead atoms. The van der Waals surface area contributed by atoms with Crippen molar-refractivity contribution in [2.45, 2.75) is 6.92 Å². The van der Waals surface area contributed by atoms with E-state index in [2.05, 4.69) is 5.32 Å². The molecule has 2 rings (SSSR count). The van der Waals surface area contributed by atoms with Crippen LogP contribution in [0.25, 0.3) is 0 Å². The Labute approximate surface area is 109 Å². The van der Waals surface area contributed by atoms with Gasteiger partial charge < -0.3 is 10.2 Å². The van der Waals surface area contributed by atoms with Crippen LogP contribution in [0.5, 0.6) is 0 Å². The molecule has 96 valence electrons. The number of carbonyl (C=O) groups excluding carboxylic acids is 2. The first-order chi connectivity index (χ1) is 8.56. The van der Waals surface area contributed by atoms with Crippen LogP contribution in [0.15, 0.2) is 18.2 Å². The van der Waals surface area contributed by atoms with Gasteiger partial charge in [0.2, 0.25) is 11.8 Å². The van der Waals surface area contributed by atoms with Crippen LogP contribution in [-0.2, 0) is 9.59 Å². The Hall–Kier alpha value is -1.56. The summed E-state index contributed by atoms with van der Waals surface area (Å²) in [6.45, 7) is 1.74. The molecular weight excluding hydrogens is 255 g/mol. The average molecular weight is 268 g/mol. The Kier molecular flexibility index (Phi) is 3.86. The van der Waals surface area contributed by atoms with Crippen molar-refractivity contribution >= 4 is 29.3 Å². The smallest absolute Gasteiger partial charge is 0.244 e. The second-order valence-corrected chi connectivity index (χ2v) is 5.06. The fourth-order valence-electron chi connectivity index (χ4n) is 1.62. The van der Waals surface area contributed by atoms with Gasteiger partial charge in [-0.3, -0.25) is 9.59 Å². The number of nitrogens with zero attached hydrogens (tertiary/aromatic N) is 1. The normalized spacial score (nSPS) is 15.0. The number of aryl methyl sites for hydroxylation is 1. The van der Waals surface area contributed by atoms with Crippen molar-refractivity contribution in [1.82, 2.24) is 4.90 Å². The maximum absolute atomic E-state index is 13.5. The molecule has 0 atom stereocenters. The Morgan fingerprint density at radius 1 is 1.56 bits per heavy atom. The van der Waals surface area contributed by atoms with E-state index < -0.39 is 5.82 Å². The maximum Gasteiger partial charge on any atom is 0.244 e. The third-order valence-electron chi connectivity index (χ3n) is 2.56. The van der Waals surface area contributed by atoms with E-state index in [-0.39, 0.29) is 24.0 Å². The summed E-state index contributed by atoms with van der Waals surface area (Å²) in [5, 5.41) is 2.47. The lowest BCUT2D eigenvalue weighted by Crippen LogP contribution is -2.34. The Morgan fingerprint density at radius 3 is 2.94 bits per heavy atom. The molecule has 0 aromatic heterocycles. The highest BCUT2D eigenvalue weighted by atomic mass is 32.2. The van der Waals surface area contributed by atoms with Gasteiger partial charge in [-0.1, -0.05) is 6.07 Å². The van der Waals surface area contributed by atoms with E-state index in [0.29, 0.717) is 11.6 Å². The number of amides is 2. The van der Waals surface area contributed by atoms with E-state index in [9.17, 15) is 14.0 Å². The minimum Gasteiger partial charge on any atom is -0.323 e. The number of anilines is 1. The largest absolute Gasteiger partial charge is 0.323 e. The van der Waals surface area contributed by atoms with Gasteiger partial charge in [-0.2, -0.15) is 0 Å². The van der Waals surface area contributed by atoms with Crippen LogP contribution in [0.1, 0.15) is 5.56 Å². The maximum atomic E-state index is 13.5. The van der Waals surface area contributed by atoms with Crippen molar-refractivity contribution < 1.29 is 14.0 Å². The van der Waals surface area contributed by atoms with E-state index >= 15 is 0 Å². The highest BCUT2D eigenvalue weighted by Crippen LogP contribution is 2.17. The molecule has 0 radical (unpaired) electrons. The third-order valence-corrected chi connectivity index (χ3v) is 3.50. The number of benzene rings is 1. The van der Waals surface area contributed by atoms with Crippen molar-refractivity contribution in [3.63, 3.8) is 0 Å². The molecule has 1 aliphatic rings. The van der Waals surface area contributed by atoms with Gasteiger partial charge in [0, 0.05) is 0 Å². The number of rotatable bonds is 3. The van der Waals surface area contributed by atoms with Gasteiger partial charge >= 0.3 is 0 Å². The summed E-state index contributed by atoms with van der Waals surface area (Å²) in [6.07, 6.45) is 0. The van der Waals surface area contributed by atoms with Crippen LogP contribution in [-0.4, -0.2) is 34.9 Å². The third kappa shape index (κ3) is 3.01. The summed E-state index contributed by atoms with van der Waals surface area (Å²) in [6, 6.07) is 4.59. The number of thioether (sulfide) groups is 1. The number of hydrogen-bond donors (Lipinski definition) is 1. The average Bonchev–Trinajstić information content (AvgIpc) is 2.69. The van der Waals surface area contributed by atoms with Crippen molar-refractivity contribution in [2.24, 2.45) is 0 Å². The summed E-state index contributed by atoms with van der Waals surface area (Å²) in [7, 11) is 0. The van der Waals surface area contributed by atoms with Crippen LogP contribution in [0.3, 0.4) is 0 Å². The first-order valence-electron chi connectivity index (χ1n) is 5.48. The van der Waals surface area contributed by atoms with Gasteiger partial charge in [0.1, 0.15) is 12.4 Å². The lowest BCUT2D eigenvalue weighted by Gasteiger charge is -2.14. The number of nitrogens with one attached hydrogen (secondary N) is 1. The van der Waals surface area contributed by atoms with Crippen molar-refractivity contribution in [3.05, 3.63) is 29.6 Å². The molecule has 0 aliphatic carbocycles. The minimum absolute atomic E-state index is 0.0286. The number of hydrogen-bond acceptors (Lipinski definition) is 3. The van der Waals surface area contributed by atoms with E-state index in [4.69, 9.17) is 0 Å².